The highest BCUT2D eigenvalue weighted by Gasteiger charge is 2.27. The molecule has 0 saturated carbocycles. The molecule has 140 valence electrons. The predicted octanol–water partition coefficient (Wildman–Crippen LogP) is 2.20. The van der Waals surface area contributed by atoms with Crippen LogP contribution in [-0.2, 0) is 0 Å². The number of ether oxygens (including phenoxy) is 1. The maximum atomic E-state index is 12.7. The number of methoxy groups -OCH3 is 1. The summed E-state index contributed by atoms with van der Waals surface area (Å²) >= 11 is 0. The van der Waals surface area contributed by atoms with E-state index in [1.54, 1.807) is 34.1 Å². The van der Waals surface area contributed by atoms with E-state index in [-0.39, 0.29) is 17.5 Å². The third-order valence-corrected chi connectivity index (χ3v) is 4.52. The molecule has 3 rings (SSSR count). The number of non-ortho nitro benzene ring substituents is 1. The summed E-state index contributed by atoms with van der Waals surface area (Å²) in [5.41, 5.74) is 0.832. The summed E-state index contributed by atoms with van der Waals surface area (Å²) in [6.07, 6.45) is 0. The SMILES string of the molecule is COc1ccccc1C(=O)N1CCN(C(=O)c2ccc([N+](=O)[O-])cc2)CC1. The number of para-hydroxylation sites is 1. The van der Waals surface area contributed by atoms with Gasteiger partial charge >= 0.3 is 0 Å². The number of nitro benzene ring substituents is 1. The smallest absolute Gasteiger partial charge is 0.269 e. The molecule has 0 N–H and O–H groups in total. The number of amides is 2. The van der Waals surface area contributed by atoms with Crippen molar-refractivity contribution in [1.82, 2.24) is 9.80 Å². The number of rotatable bonds is 4. The highest BCUT2D eigenvalue weighted by Crippen LogP contribution is 2.21. The van der Waals surface area contributed by atoms with Crippen LogP contribution in [0.2, 0.25) is 0 Å². The Balaban J connectivity index is 1.63. The molecule has 27 heavy (non-hydrogen) atoms. The fourth-order valence-corrected chi connectivity index (χ4v) is 3.01. The van der Waals surface area contributed by atoms with Crippen LogP contribution in [0.1, 0.15) is 20.7 Å². The number of piperazine rings is 1. The average Bonchev–Trinajstić information content (AvgIpc) is 2.72. The zero-order valence-electron chi connectivity index (χ0n) is 14.8. The molecule has 0 atom stereocenters. The van der Waals surface area contributed by atoms with Gasteiger partial charge < -0.3 is 14.5 Å². The van der Waals surface area contributed by atoms with E-state index in [2.05, 4.69) is 0 Å². The Morgan fingerprint density at radius 1 is 0.926 bits per heavy atom. The molecule has 0 aliphatic carbocycles. The van der Waals surface area contributed by atoms with Gasteiger partial charge in [-0.1, -0.05) is 12.1 Å². The van der Waals surface area contributed by atoms with Crippen molar-refractivity contribution in [1.29, 1.82) is 0 Å². The van der Waals surface area contributed by atoms with E-state index in [9.17, 15) is 19.7 Å². The first-order valence-electron chi connectivity index (χ1n) is 8.47. The largest absolute Gasteiger partial charge is 0.496 e. The lowest BCUT2D eigenvalue weighted by Crippen LogP contribution is -2.50. The van der Waals surface area contributed by atoms with E-state index in [1.807, 2.05) is 0 Å². The van der Waals surface area contributed by atoms with Gasteiger partial charge in [-0.25, -0.2) is 0 Å². The topological polar surface area (TPSA) is 93.0 Å². The normalized spacial score (nSPS) is 14.0. The molecule has 8 heteroatoms. The van der Waals surface area contributed by atoms with Crippen molar-refractivity contribution in [3.63, 3.8) is 0 Å². The number of benzene rings is 2. The van der Waals surface area contributed by atoms with E-state index in [0.29, 0.717) is 43.1 Å². The Hall–Kier alpha value is -3.42. The van der Waals surface area contributed by atoms with Gasteiger partial charge in [0.25, 0.3) is 17.5 Å². The van der Waals surface area contributed by atoms with E-state index >= 15 is 0 Å². The van der Waals surface area contributed by atoms with Crippen molar-refractivity contribution in [3.8, 4) is 5.75 Å². The average molecular weight is 369 g/mol. The summed E-state index contributed by atoms with van der Waals surface area (Å²) in [6, 6.07) is 12.6. The Bertz CT molecular complexity index is 858. The predicted molar refractivity (Wildman–Crippen MR) is 97.9 cm³/mol. The van der Waals surface area contributed by atoms with Crippen LogP contribution in [-0.4, -0.2) is 59.8 Å². The number of hydrogen-bond donors (Lipinski definition) is 0. The maximum absolute atomic E-state index is 12.7. The van der Waals surface area contributed by atoms with Gasteiger partial charge in [-0.05, 0) is 24.3 Å². The number of carbonyl (C=O) groups is 2. The lowest BCUT2D eigenvalue weighted by Gasteiger charge is -2.35. The Morgan fingerprint density at radius 2 is 1.48 bits per heavy atom. The zero-order valence-corrected chi connectivity index (χ0v) is 14.8. The van der Waals surface area contributed by atoms with Gasteiger partial charge in [0.15, 0.2) is 0 Å². The summed E-state index contributed by atoms with van der Waals surface area (Å²) in [5.74, 6) is 0.191. The molecule has 1 heterocycles. The van der Waals surface area contributed by atoms with Crippen molar-refractivity contribution in [2.45, 2.75) is 0 Å². The lowest BCUT2D eigenvalue weighted by molar-refractivity contribution is -0.384. The van der Waals surface area contributed by atoms with Gasteiger partial charge in [0.05, 0.1) is 17.6 Å². The second-order valence-electron chi connectivity index (χ2n) is 6.09. The molecule has 0 spiro atoms. The van der Waals surface area contributed by atoms with Crippen LogP contribution in [0.3, 0.4) is 0 Å². The molecule has 0 bridgehead atoms. The summed E-state index contributed by atoms with van der Waals surface area (Å²) in [6.45, 7) is 1.62. The first kappa shape index (κ1) is 18.4. The van der Waals surface area contributed by atoms with Crippen LogP contribution in [0, 0.1) is 10.1 Å². The second kappa shape index (κ2) is 7.86. The standard InChI is InChI=1S/C19H19N3O5/c1-27-17-5-3-2-4-16(17)19(24)21-12-10-20(11-13-21)18(23)14-6-8-15(9-7-14)22(25)26/h2-9H,10-13H2,1H3. The van der Waals surface area contributed by atoms with Gasteiger partial charge in [-0.15, -0.1) is 0 Å². The quantitative estimate of drug-likeness (QED) is 0.608. The molecule has 1 saturated heterocycles. The number of carbonyl (C=O) groups excluding carboxylic acids is 2. The third-order valence-electron chi connectivity index (χ3n) is 4.52. The first-order chi connectivity index (χ1) is 13.0. The van der Waals surface area contributed by atoms with Crippen LogP contribution in [0.15, 0.2) is 48.5 Å². The fourth-order valence-electron chi connectivity index (χ4n) is 3.01. The maximum Gasteiger partial charge on any atom is 0.269 e. The molecule has 0 radical (unpaired) electrons. The van der Waals surface area contributed by atoms with Gasteiger partial charge in [0, 0.05) is 43.9 Å². The van der Waals surface area contributed by atoms with Crippen LogP contribution in [0.25, 0.3) is 0 Å². The Kier molecular flexibility index (Phi) is 5.35. The van der Waals surface area contributed by atoms with E-state index < -0.39 is 4.92 Å². The molecule has 2 aromatic rings. The van der Waals surface area contributed by atoms with Crippen molar-refractivity contribution in [2.75, 3.05) is 33.3 Å². The number of nitrogens with zero attached hydrogens (tertiary/aromatic N) is 3. The van der Waals surface area contributed by atoms with Gasteiger partial charge in [-0.2, -0.15) is 0 Å². The summed E-state index contributed by atoms with van der Waals surface area (Å²) in [5, 5.41) is 10.7. The second-order valence-corrected chi connectivity index (χ2v) is 6.09. The van der Waals surface area contributed by atoms with Gasteiger partial charge in [0.1, 0.15) is 5.75 Å². The molecule has 1 aliphatic heterocycles. The van der Waals surface area contributed by atoms with Crippen molar-refractivity contribution < 1.29 is 19.2 Å². The molecule has 2 aromatic carbocycles. The van der Waals surface area contributed by atoms with Crippen molar-refractivity contribution in [2.24, 2.45) is 0 Å². The number of nitro groups is 1. The van der Waals surface area contributed by atoms with Crippen LogP contribution in [0.5, 0.6) is 5.75 Å². The molecule has 1 aliphatic rings. The Morgan fingerprint density at radius 3 is 2.04 bits per heavy atom. The minimum Gasteiger partial charge on any atom is -0.496 e. The highest BCUT2D eigenvalue weighted by atomic mass is 16.6. The highest BCUT2D eigenvalue weighted by molar-refractivity contribution is 5.97. The molecular formula is C19H19N3O5. The van der Waals surface area contributed by atoms with Crippen LogP contribution < -0.4 is 4.74 Å². The van der Waals surface area contributed by atoms with Crippen molar-refractivity contribution >= 4 is 17.5 Å². The summed E-state index contributed by atoms with van der Waals surface area (Å²) in [4.78, 5) is 38.8. The number of hydrogen-bond acceptors (Lipinski definition) is 5. The molecular weight excluding hydrogens is 350 g/mol. The third kappa shape index (κ3) is 3.89. The molecule has 0 aromatic heterocycles. The van der Waals surface area contributed by atoms with E-state index in [4.69, 9.17) is 4.74 Å². The molecule has 0 unspecified atom stereocenters. The summed E-state index contributed by atoms with van der Waals surface area (Å²) in [7, 11) is 1.52. The molecule has 8 nitrogen and oxygen atoms in total. The fraction of sp³-hybridized carbons (Fsp3) is 0.263. The zero-order chi connectivity index (χ0) is 19.4. The van der Waals surface area contributed by atoms with Gasteiger partial charge in [0.2, 0.25) is 0 Å². The van der Waals surface area contributed by atoms with E-state index in [0.717, 1.165) is 0 Å². The molecule has 1 fully saturated rings. The summed E-state index contributed by atoms with van der Waals surface area (Å²) < 4.78 is 5.24. The minimum absolute atomic E-state index is 0.0567. The lowest BCUT2D eigenvalue weighted by atomic mass is 10.1. The van der Waals surface area contributed by atoms with E-state index in [1.165, 1.54) is 31.4 Å². The monoisotopic (exact) mass is 369 g/mol. The van der Waals surface area contributed by atoms with Crippen LogP contribution >= 0.6 is 0 Å². The minimum atomic E-state index is -0.503. The van der Waals surface area contributed by atoms with Crippen molar-refractivity contribution in [3.05, 3.63) is 69.8 Å². The van der Waals surface area contributed by atoms with Gasteiger partial charge in [-0.3, -0.25) is 19.7 Å². The van der Waals surface area contributed by atoms with Crippen LogP contribution in [0.4, 0.5) is 5.69 Å². The molecule has 2 amide bonds. The Labute approximate surface area is 156 Å². The first-order valence-corrected chi connectivity index (χ1v) is 8.47.